The van der Waals surface area contributed by atoms with E-state index in [0.29, 0.717) is 9.98 Å². The van der Waals surface area contributed by atoms with Crippen molar-refractivity contribution in [1.82, 2.24) is 10.2 Å². The number of halogens is 5. The molecule has 8 heteroatoms. The molecule has 0 saturated carbocycles. The van der Waals surface area contributed by atoms with Gasteiger partial charge in [-0.3, -0.25) is 0 Å². The molecule has 2 nitrogen and oxygen atoms in total. The summed E-state index contributed by atoms with van der Waals surface area (Å²) in [5, 5.41) is 7.25. The van der Waals surface area contributed by atoms with Crippen LogP contribution in [0.25, 0.3) is 10.6 Å². The highest BCUT2D eigenvalue weighted by atomic mass is 79.9. The first kappa shape index (κ1) is 12.4. The van der Waals surface area contributed by atoms with Gasteiger partial charge in [0.15, 0.2) is 8.92 Å². The van der Waals surface area contributed by atoms with E-state index < -0.39 is 17.6 Å². The summed E-state index contributed by atoms with van der Waals surface area (Å²) in [4.78, 5) is 0. The predicted octanol–water partition coefficient (Wildman–Crippen LogP) is 4.13. The molecule has 0 saturated heterocycles. The highest BCUT2D eigenvalue weighted by molar-refractivity contribution is 9.11. The van der Waals surface area contributed by atoms with Crippen molar-refractivity contribution in [2.45, 2.75) is 6.18 Å². The Morgan fingerprint density at radius 2 is 1.88 bits per heavy atom. The first-order valence-corrected chi connectivity index (χ1v) is 5.85. The molecular weight excluding hydrogens is 324 g/mol. The Morgan fingerprint density at radius 3 is 2.41 bits per heavy atom. The number of rotatable bonds is 1. The van der Waals surface area contributed by atoms with Gasteiger partial charge in [-0.05, 0) is 34.1 Å². The fourth-order valence-electron chi connectivity index (χ4n) is 1.18. The molecule has 1 aromatic carbocycles. The summed E-state index contributed by atoms with van der Waals surface area (Å²) in [6.07, 6.45) is -4.51. The number of nitrogens with zero attached hydrogens (tertiary/aromatic N) is 2. The van der Waals surface area contributed by atoms with Crippen molar-refractivity contribution in [3.63, 3.8) is 0 Å². The van der Waals surface area contributed by atoms with Crippen LogP contribution in [0.3, 0.4) is 0 Å². The van der Waals surface area contributed by atoms with E-state index in [2.05, 4.69) is 26.1 Å². The second-order valence-corrected chi connectivity index (χ2v) is 5.31. The summed E-state index contributed by atoms with van der Waals surface area (Å²) in [5.74, 6) is -0.762. The van der Waals surface area contributed by atoms with Gasteiger partial charge in [-0.1, -0.05) is 11.3 Å². The van der Waals surface area contributed by atoms with Crippen LogP contribution in [0.2, 0.25) is 0 Å². The molecule has 0 unspecified atom stereocenters. The van der Waals surface area contributed by atoms with Gasteiger partial charge in [0.2, 0.25) is 0 Å². The molecule has 0 bridgehead atoms. The van der Waals surface area contributed by atoms with Crippen LogP contribution in [0.5, 0.6) is 0 Å². The molecule has 2 rings (SSSR count). The minimum atomic E-state index is -4.51. The Balaban J connectivity index is 2.54. The van der Waals surface area contributed by atoms with Gasteiger partial charge < -0.3 is 0 Å². The maximum Gasteiger partial charge on any atom is 0.416 e. The van der Waals surface area contributed by atoms with Crippen LogP contribution in [0.15, 0.2) is 22.1 Å². The lowest BCUT2D eigenvalue weighted by Crippen LogP contribution is -2.05. The van der Waals surface area contributed by atoms with Crippen molar-refractivity contribution in [3.8, 4) is 10.6 Å². The van der Waals surface area contributed by atoms with Gasteiger partial charge in [-0.2, -0.15) is 13.2 Å². The Hall–Kier alpha value is -1.02. The SMILES string of the molecule is Fc1ccc(C(F)(F)F)cc1-c1nnc(Br)s1. The maximum absolute atomic E-state index is 13.4. The van der Waals surface area contributed by atoms with Gasteiger partial charge in [0.05, 0.1) is 5.56 Å². The monoisotopic (exact) mass is 326 g/mol. The van der Waals surface area contributed by atoms with Crippen LogP contribution in [0.1, 0.15) is 5.56 Å². The average molecular weight is 327 g/mol. The smallest absolute Gasteiger partial charge is 0.206 e. The minimum absolute atomic E-state index is 0.0977. The van der Waals surface area contributed by atoms with Crippen molar-refractivity contribution in [3.05, 3.63) is 33.5 Å². The first-order valence-electron chi connectivity index (χ1n) is 4.24. The Kier molecular flexibility index (Phi) is 3.17. The Bertz CT molecular complexity index is 552. The van der Waals surface area contributed by atoms with Gasteiger partial charge in [0, 0.05) is 5.56 Å². The predicted molar refractivity (Wildman–Crippen MR) is 58.0 cm³/mol. The molecule has 0 aliphatic heterocycles. The van der Waals surface area contributed by atoms with Crippen molar-refractivity contribution >= 4 is 27.3 Å². The molecule has 0 radical (unpaired) electrons. The second kappa shape index (κ2) is 4.34. The van der Waals surface area contributed by atoms with Gasteiger partial charge in [0.1, 0.15) is 5.82 Å². The van der Waals surface area contributed by atoms with Crippen molar-refractivity contribution in [2.24, 2.45) is 0 Å². The van der Waals surface area contributed by atoms with Gasteiger partial charge in [-0.15, -0.1) is 10.2 Å². The normalized spacial score (nSPS) is 11.8. The maximum atomic E-state index is 13.4. The van der Waals surface area contributed by atoms with E-state index in [1.54, 1.807) is 0 Å². The molecule has 0 N–H and O–H groups in total. The lowest BCUT2D eigenvalue weighted by Gasteiger charge is -2.07. The van der Waals surface area contributed by atoms with Gasteiger partial charge in [-0.25, -0.2) is 4.39 Å². The van der Waals surface area contributed by atoms with E-state index in [4.69, 9.17) is 0 Å². The first-order chi connectivity index (χ1) is 7.88. The zero-order valence-corrected chi connectivity index (χ0v) is 10.3. The Morgan fingerprint density at radius 1 is 1.18 bits per heavy atom. The summed E-state index contributed by atoms with van der Waals surface area (Å²) in [7, 11) is 0. The minimum Gasteiger partial charge on any atom is -0.206 e. The molecule has 0 aliphatic carbocycles. The molecule has 2 aromatic rings. The van der Waals surface area contributed by atoms with E-state index >= 15 is 0 Å². The van der Waals surface area contributed by atoms with Crippen LogP contribution in [-0.2, 0) is 6.18 Å². The third-order valence-electron chi connectivity index (χ3n) is 1.92. The largest absolute Gasteiger partial charge is 0.416 e. The quantitative estimate of drug-likeness (QED) is 0.736. The molecular formula is C9H3BrF4N2S. The average Bonchev–Trinajstić information content (AvgIpc) is 2.63. The van der Waals surface area contributed by atoms with Crippen LogP contribution < -0.4 is 0 Å². The molecule has 90 valence electrons. The van der Waals surface area contributed by atoms with Crippen LogP contribution in [0, 0.1) is 5.82 Å². The van der Waals surface area contributed by atoms with E-state index in [1.165, 1.54) is 0 Å². The molecule has 0 spiro atoms. The number of aromatic nitrogens is 2. The van der Waals surface area contributed by atoms with Crippen molar-refractivity contribution in [2.75, 3.05) is 0 Å². The number of benzene rings is 1. The molecule has 0 fully saturated rings. The molecule has 0 aliphatic rings. The second-order valence-electron chi connectivity index (χ2n) is 3.05. The number of hydrogen-bond donors (Lipinski definition) is 0. The van der Waals surface area contributed by atoms with Crippen LogP contribution >= 0.6 is 27.3 Å². The standard InChI is InChI=1S/C9H3BrF4N2S/c10-8-16-15-7(17-8)5-3-4(9(12,13)14)1-2-6(5)11/h1-3H. The van der Waals surface area contributed by atoms with E-state index in [1.807, 2.05) is 0 Å². The zero-order chi connectivity index (χ0) is 12.6. The Labute approximate surface area is 105 Å². The van der Waals surface area contributed by atoms with E-state index in [9.17, 15) is 17.6 Å². The summed E-state index contributed by atoms with van der Waals surface area (Å²) >= 11 is 3.97. The summed E-state index contributed by atoms with van der Waals surface area (Å²) < 4.78 is 51.2. The highest BCUT2D eigenvalue weighted by Gasteiger charge is 2.31. The molecule has 0 atom stereocenters. The van der Waals surface area contributed by atoms with E-state index in [0.717, 1.165) is 23.5 Å². The van der Waals surface area contributed by atoms with Crippen molar-refractivity contribution < 1.29 is 17.6 Å². The molecule has 17 heavy (non-hydrogen) atoms. The number of alkyl halides is 3. The lowest BCUT2D eigenvalue weighted by molar-refractivity contribution is -0.137. The van der Waals surface area contributed by atoms with Gasteiger partial charge >= 0.3 is 6.18 Å². The summed E-state index contributed by atoms with van der Waals surface area (Å²) in [6.45, 7) is 0. The third-order valence-corrected chi connectivity index (χ3v) is 3.31. The van der Waals surface area contributed by atoms with Gasteiger partial charge in [0.25, 0.3) is 0 Å². The summed E-state index contributed by atoms with van der Waals surface area (Å²) in [5.41, 5.74) is -1.12. The van der Waals surface area contributed by atoms with Crippen LogP contribution in [0.4, 0.5) is 17.6 Å². The number of hydrogen-bond acceptors (Lipinski definition) is 3. The van der Waals surface area contributed by atoms with E-state index in [-0.39, 0.29) is 10.6 Å². The zero-order valence-electron chi connectivity index (χ0n) is 7.92. The van der Waals surface area contributed by atoms with Crippen molar-refractivity contribution in [1.29, 1.82) is 0 Å². The molecule has 0 amide bonds. The lowest BCUT2D eigenvalue weighted by atomic mass is 10.1. The fraction of sp³-hybridized carbons (Fsp3) is 0.111. The fourth-order valence-corrected chi connectivity index (χ4v) is 2.31. The third kappa shape index (κ3) is 2.63. The molecule has 1 aromatic heterocycles. The topological polar surface area (TPSA) is 25.8 Å². The molecule has 1 heterocycles. The summed E-state index contributed by atoms with van der Waals surface area (Å²) in [6, 6.07) is 2.19. The highest BCUT2D eigenvalue weighted by Crippen LogP contribution is 2.35. The van der Waals surface area contributed by atoms with Crippen LogP contribution in [-0.4, -0.2) is 10.2 Å².